The summed E-state index contributed by atoms with van der Waals surface area (Å²) in [7, 11) is 0. The van der Waals surface area contributed by atoms with E-state index in [0.717, 1.165) is 12.8 Å². The van der Waals surface area contributed by atoms with Crippen LogP contribution in [0.25, 0.3) is 0 Å². The van der Waals surface area contributed by atoms with Crippen molar-refractivity contribution < 1.29 is 9.53 Å². The van der Waals surface area contributed by atoms with Gasteiger partial charge in [0.15, 0.2) is 0 Å². The van der Waals surface area contributed by atoms with Gasteiger partial charge in [0.05, 0.1) is 12.2 Å². The van der Waals surface area contributed by atoms with Gasteiger partial charge in [-0.25, -0.2) is 0 Å². The molecule has 1 fully saturated rings. The minimum Gasteiger partial charge on any atom is -0.375 e. The average Bonchev–Trinajstić information content (AvgIpc) is 2.41. The van der Waals surface area contributed by atoms with E-state index >= 15 is 0 Å². The monoisotopic (exact) mass is 212 g/mol. The van der Waals surface area contributed by atoms with Crippen LogP contribution >= 0.6 is 0 Å². The molecule has 0 radical (unpaired) electrons. The fourth-order valence-electron chi connectivity index (χ4n) is 2.66. The molecule has 5 atom stereocenters. The average molecular weight is 212 g/mol. The van der Waals surface area contributed by atoms with Crippen LogP contribution in [0.5, 0.6) is 0 Å². The van der Waals surface area contributed by atoms with E-state index in [1.165, 1.54) is 0 Å². The standard InChI is InChI=1S/C13H24O2/c1-6-7-8(2)13(14)12-9(3)10(4)15-11(12)5/h8-12H,6-7H2,1-5H3. The second-order valence-electron chi connectivity index (χ2n) is 5.02. The molecule has 0 aliphatic carbocycles. The molecule has 0 spiro atoms. The summed E-state index contributed by atoms with van der Waals surface area (Å²) in [4.78, 5) is 12.2. The molecule has 15 heavy (non-hydrogen) atoms. The van der Waals surface area contributed by atoms with Gasteiger partial charge in [-0.1, -0.05) is 27.2 Å². The largest absolute Gasteiger partial charge is 0.375 e. The summed E-state index contributed by atoms with van der Waals surface area (Å²) < 4.78 is 5.71. The van der Waals surface area contributed by atoms with Crippen molar-refractivity contribution in [3.8, 4) is 0 Å². The second-order valence-corrected chi connectivity index (χ2v) is 5.02. The minimum absolute atomic E-state index is 0.0989. The first kappa shape index (κ1) is 12.7. The third kappa shape index (κ3) is 2.60. The Morgan fingerprint density at radius 3 is 2.27 bits per heavy atom. The van der Waals surface area contributed by atoms with Crippen molar-refractivity contribution >= 4 is 5.78 Å². The van der Waals surface area contributed by atoms with E-state index in [-0.39, 0.29) is 24.0 Å². The van der Waals surface area contributed by atoms with Crippen LogP contribution in [0, 0.1) is 17.8 Å². The Kier molecular flexibility index (Phi) is 4.32. The van der Waals surface area contributed by atoms with E-state index in [4.69, 9.17) is 4.74 Å². The Morgan fingerprint density at radius 1 is 1.27 bits per heavy atom. The number of hydrogen-bond acceptors (Lipinski definition) is 2. The van der Waals surface area contributed by atoms with Crippen LogP contribution in [0.3, 0.4) is 0 Å². The summed E-state index contributed by atoms with van der Waals surface area (Å²) in [6, 6.07) is 0. The van der Waals surface area contributed by atoms with Crippen LogP contribution in [0.2, 0.25) is 0 Å². The van der Waals surface area contributed by atoms with Gasteiger partial charge in [-0.3, -0.25) is 4.79 Å². The minimum atomic E-state index is 0.0989. The highest BCUT2D eigenvalue weighted by molar-refractivity contribution is 5.84. The Bertz CT molecular complexity index is 225. The number of carbonyl (C=O) groups is 1. The lowest BCUT2D eigenvalue weighted by Crippen LogP contribution is -2.31. The summed E-state index contributed by atoms with van der Waals surface area (Å²) in [5, 5.41) is 0. The van der Waals surface area contributed by atoms with Crippen molar-refractivity contribution in [1.29, 1.82) is 0 Å². The Balaban J connectivity index is 2.66. The Morgan fingerprint density at radius 2 is 1.87 bits per heavy atom. The maximum absolute atomic E-state index is 12.2. The normalized spacial score (nSPS) is 37.9. The number of Topliss-reactive ketones (excluding diaryl/α,β-unsaturated/α-hetero) is 1. The van der Waals surface area contributed by atoms with Gasteiger partial charge in [-0.2, -0.15) is 0 Å². The topological polar surface area (TPSA) is 26.3 Å². The molecule has 1 saturated heterocycles. The van der Waals surface area contributed by atoms with Crippen LogP contribution < -0.4 is 0 Å². The van der Waals surface area contributed by atoms with Crippen molar-refractivity contribution in [2.24, 2.45) is 17.8 Å². The van der Waals surface area contributed by atoms with Crippen LogP contribution in [-0.4, -0.2) is 18.0 Å². The lowest BCUT2D eigenvalue weighted by molar-refractivity contribution is -0.128. The number of ketones is 1. The van der Waals surface area contributed by atoms with Crippen LogP contribution in [-0.2, 0) is 9.53 Å². The molecule has 1 aliphatic rings. The third-order valence-electron chi connectivity index (χ3n) is 3.78. The summed E-state index contributed by atoms with van der Waals surface area (Å²) in [5.41, 5.74) is 0. The van der Waals surface area contributed by atoms with E-state index in [1.807, 2.05) is 13.8 Å². The van der Waals surface area contributed by atoms with Gasteiger partial charge in [0.1, 0.15) is 5.78 Å². The number of carbonyl (C=O) groups excluding carboxylic acids is 1. The lowest BCUT2D eigenvalue weighted by Gasteiger charge is -2.20. The van der Waals surface area contributed by atoms with E-state index in [9.17, 15) is 4.79 Å². The van der Waals surface area contributed by atoms with Gasteiger partial charge >= 0.3 is 0 Å². The first-order valence-corrected chi connectivity index (χ1v) is 6.18. The molecule has 1 aliphatic heterocycles. The molecule has 0 bridgehead atoms. The highest BCUT2D eigenvalue weighted by atomic mass is 16.5. The molecule has 0 aromatic heterocycles. The van der Waals surface area contributed by atoms with Gasteiger partial charge in [0.2, 0.25) is 0 Å². The summed E-state index contributed by atoms with van der Waals surface area (Å²) in [6.45, 7) is 10.4. The van der Waals surface area contributed by atoms with Crippen molar-refractivity contribution in [1.82, 2.24) is 0 Å². The predicted molar refractivity (Wildman–Crippen MR) is 61.7 cm³/mol. The zero-order valence-electron chi connectivity index (χ0n) is 10.6. The van der Waals surface area contributed by atoms with E-state index in [2.05, 4.69) is 20.8 Å². The lowest BCUT2D eigenvalue weighted by atomic mass is 9.80. The molecule has 0 N–H and O–H groups in total. The van der Waals surface area contributed by atoms with Gasteiger partial charge in [0, 0.05) is 11.8 Å². The fourth-order valence-corrected chi connectivity index (χ4v) is 2.66. The molecule has 0 amide bonds. The zero-order valence-corrected chi connectivity index (χ0v) is 10.6. The summed E-state index contributed by atoms with van der Waals surface area (Å²) in [5.74, 6) is 1.08. The van der Waals surface area contributed by atoms with Crippen LogP contribution in [0.15, 0.2) is 0 Å². The quantitative estimate of drug-likeness (QED) is 0.716. The van der Waals surface area contributed by atoms with Gasteiger partial charge in [-0.15, -0.1) is 0 Å². The fraction of sp³-hybridized carbons (Fsp3) is 0.923. The van der Waals surface area contributed by atoms with Gasteiger partial charge in [-0.05, 0) is 26.2 Å². The Hall–Kier alpha value is -0.370. The molecular formula is C13H24O2. The van der Waals surface area contributed by atoms with Gasteiger partial charge in [0.25, 0.3) is 0 Å². The number of ether oxygens (including phenoxy) is 1. The van der Waals surface area contributed by atoms with E-state index in [1.54, 1.807) is 0 Å². The first-order valence-electron chi connectivity index (χ1n) is 6.18. The van der Waals surface area contributed by atoms with Crippen molar-refractivity contribution in [3.63, 3.8) is 0 Å². The highest BCUT2D eigenvalue weighted by Gasteiger charge is 2.42. The third-order valence-corrected chi connectivity index (χ3v) is 3.78. The van der Waals surface area contributed by atoms with Crippen molar-refractivity contribution in [3.05, 3.63) is 0 Å². The second kappa shape index (κ2) is 5.11. The number of rotatable bonds is 4. The molecule has 1 heterocycles. The van der Waals surface area contributed by atoms with E-state index < -0.39 is 0 Å². The van der Waals surface area contributed by atoms with E-state index in [0.29, 0.717) is 11.7 Å². The predicted octanol–water partition coefficient (Wildman–Crippen LogP) is 3.05. The maximum atomic E-state index is 12.2. The molecule has 2 nitrogen and oxygen atoms in total. The summed E-state index contributed by atoms with van der Waals surface area (Å²) in [6.07, 6.45) is 2.41. The molecule has 5 unspecified atom stereocenters. The van der Waals surface area contributed by atoms with Crippen LogP contribution in [0.4, 0.5) is 0 Å². The molecule has 0 aromatic carbocycles. The molecule has 1 rings (SSSR count). The van der Waals surface area contributed by atoms with Gasteiger partial charge < -0.3 is 4.74 Å². The molecular weight excluding hydrogens is 188 g/mol. The smallest absolute Gasteiger partial charge is 0.141 e. The number of hydrogen-bond donors (Lipinski definition) is 0. The molecule has 88 valence electrons. The highest BCUT2D eigenvalue weighted by Crippen LogP contribution is 2.34. The molecule has 0 saturated carbocycles. The first-order chi connectivity index (χ1) is 6.99. The zero-order chi connectivity index (χ0) is 11.6. The Labute approximate surface area is 93.4 Å². The van der Waals surface area contributed by atoms with Crippen molar-refractivity contribution in [2.75, 3.05) is 0 Å². The maximum Gasteiger partial charge on any atom is 0.141 e. The summed E-state index contributed by atoms with van der Waals surface area (Å²) >= 11 is 0. The SMILES string of the molecule is CCCC(C)C(=O)C1C(C)OC(C)C1C. The molecule has 0 aromatic rings. The van der Waals surface area contributed by atoms with Crippen molar-refractivity contribution in [2.45, 2.75) is 59.7 Å². The van der Waals surface area contributed by atoms with Crippen LogP contribution in [0.1, 0.15) is 47.5 Å². The molecule has 2 heteroatoms.